The SMILES string of the molecule is O=C(CF)NC1(O)O[C@H](CO)[C@@H](O)[C@H](O)[C@H]1O. The first-order valence-corrected chi connectivity index (χ1v) is 4.78. The van der Waals surface area contributed by atoms with Gasteiger partial charge in [0.1, 0.15) is 18.3 Å². The van der Waals surface area contributed by atoms with E-state index in [1.165, 1.54) is 0 Å². The van der Waals surface area contributed by atoms with E-state index < -0.39 is 49.5 Å². The van der Waals surface area contributed by atoms with Crippen LogP contribution in [0.2, 0.25) is 0 Å². The van der Waals surface area contributed by atoms with Crippen molar-refractivity contribution in [3.05, 3.63) is 0 Å². The van der Waals surface area contributed by atoms with E-state index in [9.17, 15) is 29.6 Å². The summed E-state index contributed by atoms with van der Waals surface area (Å²) in [6.07, 6.45) is -7.04. The number of aliphatic hydroxyl groups is 5. The summed E-state index contributed by atoms with van der Waals surface area (Å²) in [6.45, 7) is -2.25. The highest BCUT2D eigenvalue weighted by Crippen LogP contribution is 2.26. The van der Waals surface area contributed by atoms with Gasteiger partial charge in [-0.25, -0.2) is 4.39 Å². The molecule has 1 heterocycles. The number of carbonyl (C=O) groups excluding carboxylic acids is 1. The van der Waals surface area contributed by atoms with E-state index in [0.29, 0.717) is 0 Å². The number of hydrogen-bond acceptors (Lipinski definition) is 7. The fourth-order valence-corrected chi connectivity index (χ4v) is 1.49. The molecule has 6 N–H and O–H groups in total. The molecule has 0 bridgehead atoms. The van der Waals surface area contributed by atoms with Crippen molar-refractivity contribution in [2.45, 2.75) is 30.3 Å². The smallest absolute Gasteiger partial charge is 0.279 e. The Balaban J connectivity index is 2.86. The molecular weight excluding hydrogens is 241 g/mol. The molecule has 1 unspecified atom stereocenters. The maximum atomic E-state index is 12.0. The van der Waals surface area contributed by atoms with E-state index in [4.69, 9.17) is 5.11 Å². The molecule has 1 saturated heterocycles. The van der Waals surface area contributed by atoms with Crippen LogP contribution in [-0.4, -0.2) is 75.0 Å². The molecule has 5 atom stereocenters. The average molecular weight is 255 g/mol. The first kappa shape index (κ1) is 14.2. The quantitative estimate of drug-likeness (QED) is 0.284. The van der Waals surface area contributed by atoms with Crippen LogP contribution in [0, 0.1) is 0 Å². The second-order valence-electron chi connectivity index (χ2n) is 3.64. The molecule has 0 aromatic carbocycles. The van der Waals surface area contributed by atoms with Crippen LogP contribution in [0.4, 0.5) is 4.39 Å². The predicted octanol–water partition coefficient (Wildman–Crippen LogP) is -3.81. The summed E-state index contributed by atoms with van der Waals surface area (Å²) in [6, 6.07) is 0. The van der Waals surface area contributed by atoms with Crippen LogP contribution in [0.3, 0.4) is 0 Å². The van der Waals surface area contributed by atoms with Crippen LogP contribution in [0.15, 0.2) is 0 Å². The molecule has 0 aromatic rings. The summed E-state index contributed by atoms with van der Waals surface area (Å²) >= 11 is 0. The van der Waals surface area contributed by atoms with Gasteiger partial charge in [-0.2, -0.15) is 0 Å². The van der Waals surface area contributed by atoms with Gasteiger partial charge in [-0.1, -0.05) is 0 Å². The van der Waals surface area contributed by atoms with Gasteiger partial charge >= 0.3 is 0 Å². The lowest BCUT2D eigenvalue weighted by Gasteiger charge is -2.44. The van der Waals surface area contributed by atoms with Crippen molar-refractivity contribution in [3.8, 4) is 0 Å². The van der Waals surface area contributed by atoms with Gasteiger partial charge in [0.15, 0.2) is 12.8 Å². The molecule has 1 aliphatic heterocycles. The number of carbonyl (C=O) groups is 1. The molecular formula is C8H14FNO7. The number of halogens is 1. The largest absolute Gasteiger partial charge is 0.394 e. The fraction of sp³-hybridized carbons (Fsp3) is 0.875. The Kier molecular flexibility index (Phi) is 4.36. The number of nitrogens with one attached hydrogen (secondary N) is 1. The third-order valence-electron chi connectivity index (χ3n) is 2.41. The monoisotopic (exact) mass is 255 g/mol. The predicted molar refractivity (Wildman–Crippen MR) is 49.0 cm³/mol. The minimum atomic E-state index is -2.77. The minimum Gasteiger partial charge on any atom is -0.394 e. The topological polar surface area (TPSA) is 139 Å². The summed E-state index contributed by atoms with van der Waals surface area (Å²) in [4.78, 5) is 10.8. The van der Waals surface area contributed by atoms with E-state index in [-0.39, 0.29) is 0 Å². The van der Waals surface area contributed by atoms with Crippen molar-refractivity contribution in [1.82, 2.24) is 5.32 Å². The lowest BCUT2D eigenvalue weighted by molar-refractivity contribution is -0.358. The van der Waals surface area contributed by atoms with Crippen molar-refractivity contribution < 1.29 is 39.5 Å². The Morgan fingerprint density at radius 3 is 2.41 bits per heavy atom. The van der Waals surface area contributed by atoms with Crippen LogP contribution in [0.25, 0.3) is 0 Å². The van der Waals surface area contributed by atoms with Crippen molar-refractivity contribution >= 4 is 5.91 Å². The van der Waals surface area contributed by atoms with Gasteiger partial charge in [0.05, 0.1) is 6.61 Å². The maximum absolute atomic E-state index is 12.0. The Hall–Kier alpha value is -0.840. The molecule has 0 spiro atoms. The molecule has 1 rings (SSSR count). The molecule has 8 nitrogen and oxygen atoms in total. The van der Waals surface area contributed by atoms with Crippen molar-refractivity contribution in [3.63, 3.8) is 0 Å². The number of ether oxygens (including phenoxy) is 1. The Labute approximate surface area is 95.2 Å². The van der Waals surface area contributed by atoms with Gasteiger partial charge in [0.2, 0.25) is 0 Å². The van der Waals surface area contributed by atoms with E-state index >= 15 is 0 Å². The third-order valence-corrected chi connectivity index (χ3v) is 2.41. The van der Waals surface area contributed by atoms with Crippen molar-refractivity contribution in [2.75, 3.05) is 13.3 Å². The molecule has 0 aliphatic carbocycles. The number of hydrogen-bond donors (Lipinski definition) is 6. The normalized spacial score (nSPS) is 42.2. The Bertz CT molecular complexity index is 289. The maximum Gasteiger partial charge on any atom is 0.279 e. The van der Waals surface area contributed by atoms with Gasteiger partial charge in [0.25, 0.3) is 11.8 Å². The second-order valence-corrected chi connectivity index (χ2v) is 3.64. The molecule has 1 aliphatic rings. The van der Waals surface area contributed by atoms with Crippen molar-refractivity contribution in [1.29, 1.82) is 0 Å². The number of aliphatic hydroxyl groups excluding tert-OH is 4. The standard InChI is InChI=1S/C8H14FNO7/c9-1-4(12)10-8(16)7(15)6(14)5(13)3(2-11)17-8/h3,5-7,11,13-16H,1-2H2,(H,10,12)/t3-,5-,6+,7-,8?/m1/s1. The highest BCUT2D eigenvalue weighted by Gasteiger charge is 2.53. The van der Waals surface area contributed by atoms with Crippen LogP contribution < -0.4 is 5.32 Å². The van der Waals surface area contributed by atoms with Gasteiger partial charge in [-0.3, -0.25) is 4.79 Å². The molecule has 17 heavy (non-hydrogen) atoms. The van der Waals surface area contributed by atoms with Crippen LogP contribution in [0.1, 0.15) is 0 Å². The van der Waals surface area contributed by atoms with Crippen LogP contribution >= 0.6 is 0 Å². The average Bonchev–Trinajstić information content (AvgIpc) is 2.31. The highest BCUT2D eigenvalue weighted by atomic mass is 19.1. The minimum absolute atomic E-state index is 0.779. The molecule has 1 fully saturated rings. The summed E-state index contributed by atoms with van der Waals surface area (Å²) in [5.41, 5.74) is 0. The van der Waals surface area contributed by atoms with Gasteiger partial charge in [-0.05, 0) is 0 Å². The van der Waals surface area contributed by atoms with E-state index in [1.807, 2.05) is 0 Å². The summed E-state index contributed by atoms with van der Waals surface area (Å²) in [5.74, 6) is -4.05. The fourth-order valence-electron chi connectivity index (χ4n) is 1.49. The number of amides is 1. The zero-order valence-electron chi connectivity index (χ0n) is 8.65. The molecule has 1 amide bonds. The van der Waals surface area contributed by atoms with E-state index in [0.717, 1.165) is 0 Å². The van der Waals surface area contributed by atoms with Gasteiger partial charge in [0, 0.05) is 0 Å². The summed E-state index contributed by atoms with van der Waals surface area (Å²) in [7, 11) is 0. The first-order chi connectivity index (χ1) is 7.85. The first-order valence-electron chi connectivity index (χ1n) is 4.78. The highest BCUT2D eigenvalue weighted by molar-refractivity contribution is 5.77. The third kappa shape index (κ3) is 2.70. The molecule has 9 heteroatoms. The van der Waals surface area contributed by atoms with Gasteiger partial charge in [-0.15, -0.1) is 0 Å². The van der Waals surface area contributed by atoms with Crippen LogP contribution in [0.5, 0.6) is 0 Å². The van der Waals surface area contributed by atoms with E-state index in [2.05, 4.69) is 4.74 Å². The molecule has 0 saturated carbocycles. The molecule has 100 valence electrons. The Morgan fingerprint density at radius 1 is 1.35 bits per heavy atom. The summed E-state index contributed by atoms with van der Waals surface area (Å²) in [5, 5.41) is 48.2. The van der Waals surface area contributed by atoms with Crippen LogP contribution in [-0.2, 0) is 9.53 Å². The second kappa shape index (κ2) is 5.21. The Morgan fingerprint density at radius 2 is 1.94 bits per heavy atom. The molecule has 0 aromatic heterocycles. The zero-order valence-corrected chi connectivity index (χ0v) is 8.65. The number of alkyl halides is 1. The molecule has 0 radical (unpaired) electrons. The number of rotatable bonds is 3. The van der Waals surface area contributed by atoms with Gasteiger partial charge < -0.3 is 35.6 Å². The lowest BCUT2D eigenvalue weighted by atomic mass is 9.96. The zero-order chi connectivity index (χ0) is 13.2. The van der Waals surface area contributed by atoms with E-state index in [1.54, 1.807) is 5.32 Å². The summed E-state index contributed by atoms with van der Waals surface area (Å²) < 4.78 is 16.6. The van der Waals surface area contributed by atoms with Crippen molar-refractivity contribution in [2.24, 2.45) is 0 Å². The lowest BCUT2D eigenvalue weighted by Crippen LogP contribution is -2.71.